The molecule has 2 N–H and O–H groups in total. The van der Waals surface area contributed by atoms with Gasteiger partial charge in [-0.2, -0.15) is 5.10 Å². The number of halogens is 1. The van der Waals surface area contributed by atoms with Crippen LogP contribution in [0.15, 0.2) is 56.7 Å². The van der Waals surface area contributed by atoms with Gasteiger partial charge in [0, 0.05) is 0 Å². The van der Waals surface area contributed by atoms with Crippen molar-refractivity contribution in [2.75, 3.05) is 0 Å². The topological polar surface area (TPSA) is 74.8 Å². The maximum Gasteiger partial charge on any atom is 0.273 e. The van der Waals surface area contributed by atoms with Gasteiger partial charge in [-0.05, 0) is 33.6 Å². The summed E-state index contributed by atoms with van der Waals surface area (Å²) < 4.78 is 5.74. The summed E-state index contributed by atoms with van der Waals surface area (Å²) in [6, 6.07) is 12.0. The standard InChI is InChI=1S/C13H11BrN2O3/c14-11-7-6-10(19-11)8-15-16-13(18)12(17)9-4-2-1-3-5-9/h1-8,12,17H,(H,16,18)/b15-8+. The minimum Gasteiger partial charge on any atom is -0.448 e. The van der Waals surface area contributed by atoms with Crippen molar-refractivity contribution in [3.8, 4) is 0 Å². The van der Waals surface area contributed by atoms with Crippen LogP contribution in [0.5, 0.6) is 0 Å². The van der Waals surface area contributed by atoms with Crippen LogP contribution in [0, 0.1) is 0 Å². The van der Waals surface area contributed by atoms with Crippen LogP contribution in [0.25, 0.3) is 0 Å². The lowest BCUT2D eigenvalue weighted by Crippen LogP contribution is -2.25. The van der Waals surface area contributed by atoms with Gasteiger partial charge in [0.15, 0.2) is 10.8 Å². The molecular weight excluding hydrogens is 312 g/mol. The Balaban J connectivity index is 1.93. The van der Waals surface area contributed by atoms with E-state index in [-0.39, 0.29) is 0 Å². The van der Waals surface area contributed by atoms with Crippen molar-refractivity contribution in [2.45, 2.75) is 6.10 Å². The van der Waals surface area contributed by atoms with Gasteiger partial charge in [-0.25, -0.2) is 5.43 Å². The third-order valence-corrected chi connectivity index (χ3v) is 2.75. The largest absolute Gasteiger partial charge is 0.448 e. The molecule has 0 radical (unpaired) electrons. The van der Waals surface area contributed by atoms with E-state index < -0.39 is 12.0 Å². The fraction of sp³-hybridized carbons (Fsp3) is 0.0769. The van der Waals surface area contributed by atoms with Crippen LogP contribution >= 0.6 is 15.9 Å². The smallest absolute Gasteiger partial charge is 0.273 e. The van der Waals surface area contributed by atoms with Gasteiger partial charge in [-0.1, -0.05) is 30.3 Å². The zero-order valence-electron chi connectivity index (χ0n) is 9.79. The molecule has 0 bridgehead atoms. The molecule has 2 rings (SSSR count). The van der Waals surface area contributed by atoms with Crippen LogP contribution in [0.2, 0.25) is 0 Å². The lowest BCUT2D eigenvalue weighted by molar-refractivity contribution is -0.129. The molecule has 2 aromatic rings. The molecule has 5 nitrogen and oxygen atoms in total. The maximum atomic E-state index is 11.6. The van der Waals surface area contributed by atoms with E-state index in [1.165, 1.54) is 6.21 Å². The van der Waals surface area contributed by atoms with Gasteiger partial charge in [0.1, 0.15) is 5.76 Å². The summed E-state index contributed by atoms with van der Waals surface area (Å²) in [7, 11) is 0. The molecule has 1 amide bonds. The van der Waals surface area contributed by atoms with Gasteiger partial charge in [0.25, 0.3) is 5.91 Å². The van der Waals surface area contributed by atoms with Crippen LogP contribution in [-0.2, 0) is 4.79 Å². The predicted octanol–water partition coefficient (Wildman–Crippen LogP) is 2.23. The van der Waals surface area contributed by atoms with Gasteiger partial charge in [0.2, 0.25) is 0 Å². The summed E-state index contributed by atoms with van der Waals surface area (Å²) in [6.45, 7) is 0. The van der Waals surface area contributed by atoms with Crippen LogP contribution in [-0.4, -0.2) is 17.2 Å². The second-order valence-corrected chi connectivity index (χ2v) is 4.47. The van der Waals surface area contributed by atoms with E-state index in [2.05, 4.69) is 26.5 Å². The Morgan fingerprint density at radius 1 is 1.32 bits per heavy atom. The van der Waals surface area contributed by atoms with Crippen LogP contribution in [0.1, 0.15) is 17.4 Å². The number of carbonyl (C=O) groups excluding carboxylic acids is 1. The first-order chi connectivity index (χ1) is 9.16. The van der Waals surface area contributed by atoms with Crippen LogP contribution < -0.4 is 5.43 Å². The van der Waals surface area contributed by atoms with E-state index in [1.54, 1.807) is 42.5 Å². The number of carbonyl (C=O) groups is 1. The molecular formula is C13H11BrN2O3. The molecule has 1 atom stereocenters. The number of benzene rings is 1. The number of rotatable bonds is 4. The highest BCUT2D eigenvalue weighted by atomic mass is 79.9. The molecule has 19 heavy (non-hydrogen) atoms. The minimum absolute atomic E-state index is 0.487. The predicted molar refractivity (Wildman–Crippen MR) is 73.5 cm³/mol. The number of aliphatic hydroxyl groups excluding tert-OH is 1. The molecule has 0 saturated carbocycles. The molecule has 0 aliphatic rings. The number of amides is 1. The van der Waals surface area contributed by atoms with E-state index >= 15 is 0 Å². The first-order valence-electron chi connectivity index (χ1n) is 5.48. The van der Waals surface area contributed by atoms with Gasteiger partial charge in [0.05, 0.1) is 6.21 Å². The van der Waals surface area contributed by atoms with E-state index in [0.717, 1.165) is 0 Å². The molecule has 1 aromatic carbocycles. The van der Waals surface area contributed by atoms with Crippen molar-refractivity contribution in [1.82, 2.24) is 5.43 Å². The molecule has 0 aliphatic heterocycles. The first kappa shape index (κ1) is 13.5. The van der Waals surface area contributed by atoms with Crippen LogP contribution in [0.3, 0.4) is 0 Å². The Morgan fingerprint density at radius 2 is 2.05 bits per heavy atom. The lowest BCUT2D eigenvalue weighted by atomic mass is 10.1. The van der Waals surface area contributed by atoms with E-state index in [4.69, 9.17) is 4.42 Å². The maximum absolute atomic E-state index is 11.6. The van der Waals surface area contributed by atoms with Crippen LogP contribution in [0.4, 0.5) is 0 Å². The third kappa shape index (κ3) is 3.77. The highest BCUT2D eigenvalue weighted by Crippen LogP contribution is 2.13. The number of hydrazone groups is 1. The first-order valence-corrected chi connectivity index (χ1v) is 6.27. The molecule has 1 heterocycles. The highest BCUT2D eigenvalue weighted by Gasteiger charge is 2.15. The molecule has 6 heteroatoms. The average molecular weight is 323 g/mol. The second-order valence-electron chi connectivity index (χ2n) is 3.69. The molecule has 1 unspecified atom stereocenters. The summed E-state index contributed by atoms with van der Waals surface area (Å²) in [5, 5.41) is 13.5. The van der Waals surface area contributed by atoms with Crippen molar-refractivity contribution in [3.63, 3.8) is 0 Å². The van der Waals surface area contributed by atoms with Gasteiger partial charge < -0.3 is 9.52 Å². The average Bonchev–Trinajstić information content (AvgIpc) is 2.84. The molecule has 98 valence electrons. The van der Waals surface area contributed by atoms with Crippen molar-refractivity contribution in [2.24, 2.45) is 5.10 Å². The van der Waals surface area contributed by atoms with E-state index in [1.807, 2.05) is 0 Å². The van der Waals surface area contributed by atoms with Crippen molar-refractivity contribution >= 4 is 28.1 Å². The third-order valence-electron chi connectivity index (χ3n) is 2.32. The molecule has 0 fully saturated rings. The molecule has 1 aromatic heterocycles. The number of hydrogen-bond donors (Lipinski definition) is 2. The number of furan rings is 1. The molecule has 0 spiro atoms. The number of hydrogen-bond acceptors (Lipinski definition) is 4. The SMILES string of the molecule is O=C(N/N=C/c1ccc(Br)o1)C(O)c1ccccc1. The molecule has 0 saturated heterocycles. The van der Waals surface area contributed by atoms with Gasteiger partial charge in [-0.3, -0.25) is 4.79 Å². The quantitative estimate of drug-likeness (QED) is 0.669. The van der Waals surface area contributed by atoms with Crippen molar-refractivity contribution in [3.05, 3.63) is 58.5 Å². The number of nitrogens with zero attached hydrogens (tertiary/aromatic N) is 1. The van der Waals surface area contributed by atoms with E-state index in [9.17, 15) is 9.90 Å². The molecule has 0 aliphatic carbocycles. The number of aliphatic hydroxyl groups is 1. The van der Waals surface area contributed by atoms with Crippen molar-refractivity contribution < 1.29 is 14.3 Å². The lowest BCUT2D eigenvalue weighted by Gasteiger charge is -2.08. The van der Waals surface area contributed by atoms with E-state index in [0.29, 0.717) is 16.0 Å². The van der Waals surface area contributed by atoms with Gasteiger partial charge in [-0.15, -0.1) is 0 Å². The number of nitrogens with one attached hydrogen (secondary N) is 1. The zero-order valence-corrected chi connectivity index (χ0v) is 11.4. The Kier molecular flexibility index (Phi) is 4.48. The Hall–Kier alpha value is -1.92. The summed E-state index contributed by atoms with van der Waals surface area (Å²) in [5.74, 6) is -0.116. The Morgan fingerprint density at radius 3 is 2.68 bits per heavy atom. The fourth-order valence-electron chi connectivity index (χ4n) is 1.41. The minimum atomic E-state index is -1.25. The Labute approximate surface area is 118 Å². The highest BCUT2D eigenvalue weighted by molar-refractivity contribution is 9.10. The summed E-state index contributed by atoms with van der Waals surface area (Å²) >= 11 is 3.15. The van der Waals surface area contributed by atoms with Gasteiger partial charge >= 0.3 is 0 Å². The fourth-order valence-corrected chi connectivity index (χ4v) is 1.72. The summed E-state index contributed by atoms with van der Waals surface area (Å²) in [4.78, 5) is 11.6. The second kappa shape index (κ2) is 6.31. The monoisotopic (exact) mass is 322 g/mol. The summed E-state index contributed by atoms with van der Waals surface area (Å²) in [6.07, 6.45) is 0.0992. The normalized spacial score (nSPS) is 12.5. The zero-order chi connectivity index (χ0) is 13.7. The van der Waals surface area contributed by atoms with Crippen molar-refractivity contribution in [1.29, 1.82) is 0 Å². The Bertz CT molecular complexity index is 581. The summed E-state index contributed by atoms with van der Waals surface area (Å²) in [5.41, 5.74) is 2.75.